The Bertz CT molecular complexity index is 1080. The molecular weight excluding hydrogens is 395 g/mol. The van der Waals surface area contributed by atoms with Gasteiger partial charge in [-0.2, -0.15) is 0 Å². The second-order valence-electron chi connectivity index (χ2n) is 8.48. The standard InChI is InChI=1S/C24H25FN4O2/c1-14-9-16(13-26-12-14)15-5-6-18(21(30)10-15)19-7-8-23(29-28-19)31-22-11-17-3-2-4-20(27-17)24(22)25/h5-10,12-13,17,20,22,24,27,30H,2-4,11H2,1H3/t17-,20+,22-,24+/m0/s1. The van der Waals surface area contributed by atoms with Crippen LogP contribution < -0.4 is 10.1 Å². The van der Waals surface area contributed by atoms with Crippen molar-refractivity contribution in [3.63, 3.8) is 0 Å². The summed E-state index contributed by atoms with van der Waals surface area (Å²) in [5, 5.41) is 22.2. The number of benzene rings is 1. The van der Waals surface area contributed by atoms with Gasteiger partial charge in [0.1, 0.15) is 11.9 Å². The zero-order valence-corrected chi connectivity index (χ0v) is 17.3. The first-order valence-corrected chi connectivity index (χ1v) is 10.7. The van der Waals surface area contributed by atoms with Crippen molar-refractivity contribution in [1.82, 2.24) is 20.5 Å². The number of rotatable bonds is 4. The fraction of sp³-hybridized carbons (Fsp3) is 0.375. The molecule has 2 aliphatic heterocycles. The normalized spacial score (nSPS) is 25.2. The fourth-order valence-electron chi connectivity index (χ4n) is 4.60. The third kappa shape index (κ3) is 4.10. The van der Waals surface area contributed by atoms with Crippen LogP contribution in [0.1, 0.15) is 31.2 Å². The summed E-state index contributed by atoms with van der Waals surface area (Å²) in [4.78, 5) is 4.20. The number of fused-ring (bicyclic) bond motifs is 2. The highest BCUT2D eigenvalue weighted by molar-refractivity contribution is 5.74. The van der Waals surface area contributed by atoms with E-state index >= 15 is 0 Å². The van der Waals surface area contributed by atoms with E-state index in [2.05, 4.69) is 20.5 Å². The lowest BCUT2D eigenvalue weighted by Crippen LogP contribution is -2.59. The van der Waals surface area contributed by atoms with Gasteiger partial charge in [0, 0.05) is 48.1 Å². The number of aryl methyl sites for hydroxylation is 1. The highest BCUT2D eigenvalue weighted by Gasteiger charge is 2.41. The van der Waals surface area contributed by atoms with E-state index in [0.29, 0.717) is 29.6 Å². The maximum atomic E-state index is 14.7. The Kier molecular flexibility index (Phi) is 5.28. The summed E-state index contributed by atoms with van der Waals surface area (Å²) < 4.78 is 20.6. The third-order valence-electron chi connectivity index (χ3n) is 6.17. The fourth-order valence-corrected chi connectivity index (χ4v) is 4.60. The van der Waals surface area contributed by atoms with Gasteiger partial charge in [-0.15, -0.1) is 10.2 Å². The van der Waals surface area contributed by atoms with Crippen molar-refractivity contribution in [2.45, 2.75) is 57.0 Å². The molecule has 7 heteroatoms. The Morgan fingerprint density at radius 2 is 1.97 bits per heavy atom. The number of pyridine rings is 1. The highest BCUT2D eigenvalue weighted by Crippen LogP contribution is 2.34. The number of hydrogen-bond donors (Lipinski definition) is 2. The van der Waals surface area contributed by atoms with Gasteiger partial charge in [0.15, 0.2) is 6.17 Å². The highest BCUT2D eigenvalue weighted by atomic mass is 19.1. The molecule has 0 saturated carbocycles. The van der Waals surface area contributed by atoms with Crippen molar-refractivity contribution in [2.24, 2.45) is 0 Å². The molecule has 2 N–H and O–H groups in total. The van der Waals surface area contributed by atoms with Gasteiger partial charge < -0.3 is 15.2 Å². The monoisotopic (exact) mass is 420 g/mol. The van der Waals surface area contributed by atoms with E-state index in [1.807, 2.05) is 25.1 Å². The average Bonchev–Trinajstić information content (AvgIpc) is 2.78. The van der Waals surface area contributed by atoms with Gasteiger partial charge in [-0.05, 0) is 55.2 Å². The minimum atomic E-state index is -1.05. The van der Waals surface area contributed by atoms with Gasteiger partial charge in [0.05, 0.1) is 5.69 Å². The van der Waals surface area contributed by atoms with Gasteiger partial charge in [-0.25, -0.2) is 4.39 Å². The Balaban J connectivity index is 1.32. The predicted molar refractivity (Wildman–Crippen MR) is 116 cm³/mol. The number of halogens is 1. The van der Waals surface area contributed by atoms with Crippen LogP contribution in [0.4, 0.5) is 4.39 Å². The molecule has 3 aromatic rings. The van der Waals surface area contributed by atoms with E-state index in [9.17, 15) is 9.50 Å². The molecular formula is C24H25FN4O2. The van der Waals surface area contributed by atoms with Gasteiger partial charge in [0.2, 0.25) is 5.88 Å². The van der Waals surface area contributed by atoms with Crippen LogP contribution in [0.5, 0.6) is 11.6 Å². The first-order chi connectivity index (χ1) is 15.1. The molecule has 2 bridgehead atoms. The minimum absolute atomic E-state index is 0.108. The van der Waals surface area contributed by atoms with Crippen molar-refractivity contribution in [1.29, 1.82) is 0 Å². The lowest BCUT2D eigenvalue weighted by atomic mass is 9.84. The Labute approximate surface area is 180 Å². The summed E-state index contributed by atoms with van der Waals surface area (Å²) in [7, 11) is 0. The molecule has 2 fully saturated rings. The Morgan fingerprint density at radius 1 is 1.06 bits per heavy atom. The number of aromatic hydroxyl groups is 1. The summed E-state index contributed by atoms with van der Waals surface area (Å²) >= 11 is 0. The average molecular weight is 420 g/mol. The SMILES string of the molecule is Cc1cncc(-c2ccc(-c3ccc(O[C@H]4C[C@@H]5CCC[C@@H](N5)[C@H]4F)nn3)c(O)c2)c1. The quantitative estimate of drug-likeness (QED) is 0.658. The zero-order valence-electron chi connectivity index (χ0n) is 17.3. The summed E-state index contributed by atoms with van der Waals surface area (Å²) in [5.74, 6) is 0.412. The lowest BCUT2D eigenvalue weighted by molar-refractivity contribution is 0.00652. The Hall–Kier alpha value is -3.06. The van der Waals surface area contributed by atoms with Gasteiger partial charge in [-0.1, -0.05) is 12.5 Å². The molecule has 5 rings (SSSR count). The number of nitrogens with one attached hydrogen (secondary N) is 1. The molecule has 2 aromatic heterocycles. The molecule has 0 aliphatic carbocycles. The molecule has 4 atom stereocenters. The number of piperidine rings is 2. The summed E-state index contributed by atoms with van der Waals surface area (Å²) in [5.41, 5.74) is 3.95. The molecule has 0 spiro atoms. The Morgan fingerprint density at radius 3 is 2.74 bits per heavy atom. The van der Waals surface area contributed by atoms with Crippen LogP contribution in [0.2, 0.25) is 0 Å². The molecule has 2 saturated heterocycles. The van der Waals surface area contributed by atoms with Crippen LogP contribution in [0, 0.1) is 6.92 Å². The lowest BCUT2D eigenvalue weighted by Gasteiger charge is -2.42. The molecule has 0 amide bonds. The van der Waals surface area contributed by atoms with E-state index < -0.39 is 12.3 Å². The van der Waals surface area contributed by atoms with Crippen LogP contribution in [-0.4, -0.2) is 44.6 Å². The number of hydrogen-bond acceptors (Lipinski definition) is 6. The third-order valence-corrected chi connectivity index (χ3v) is 6.17. The molecule has 4 heterocycles. The molecule has 0 unspecified atom stereocenters. The largest absolute Gasteiger partial charge is 0.507 e. The summed E-state index contributed by atoms with van der Waals surface area (Å²) in [6.07, 6.45) is 5.60. The molecule has 1 aromatic carbocycles. The molecule has 160 valence electrons. The van der Waals surface area contributed by atoms with Crippen molar-refractivity contribution < 1.29 is 14.2 Å². The molecule has 6 nitrogen and oxygen atoms in total. The van der Waals surface area contributed by atoms with Gasteiger partial charge in [-0.3, -0.25) is 4.98 Å². The first kappa shape index (κ1) is 19.9. The molecule has 0 radical (unpaired) electrons. The van der Waals surface area contributed by atoms with E-state index in [4.69, 9.17) is 4.74 Å². The van der Waals surface area contributed by atoms with Crippen molar-refractivity contribution in [3.8, 4) is 34.0 Å². The number of ether oxygens (including phenoxy) is 1. The second-order valence-corrected chi connectivity index (χ2v) is 8.48. The first-order valence-electron chi connectivity index (χ1n) is 10.7. The topological polar surface area (TPSA) is 80.2 Å². The number of phenolic OH excluding ortho intramolecular Hbond substituents is 1. The van der Waals surface area contributed by atoms with E-state index in [0.717, 1.165) is 36.0 Å². The van der Waals surface area contributed by atoms with E-state index in [1.54, 1.807) is 30.6 Å². The van der Waals surface area contributed by atoms with Crippen molar-refractivity contribution in [3.05, 3.63) is 54.4 Å². The van der Waals surface area contributed by atoms with Gasteiger partial charge in [0.25, 0.3) is 0 Å². The van der Waals surface area contributed by atoms with Gasteiger partial charge >= 0.3 is 0 Å². The summed E-state index contributed by atoms with van der Waals surface area (Å²) in [6.45, 7) is 1.98. The van der Waals surface area contributed by atoms with E-state index in [1.165, 1.54) is 0 Å². The van der Waals surface area contributed by atoms with Crippen LogP contribution in [0.15, 0.2) is 48.8 Å². The molecule has 31 heavy (non-hydrogen) atoms. The smallest absolute Gasteiger partial charge is 0.233 e. The van der Waals surface area contributed by atoms with Crippen LogP contribution in [-0.2, 0) is 0 Å². The maximum Gasteiger partial charge on any atom is 0.233 e. The number of aromatic nitrogens is 3. The van der Waals surface area contributed by atoms with Crippen molar-refractivity contribution in [2.75, 3.05) is 0 Å². The second kappa shape index (κ2) is 8.23. The van der Waals surface area contributed by atoms with E-state index in [-0.39, 0.29) is 11.8 Å². The van der Waals surface area contributed by atoms with Crippen LogP contribution in [0.3, 0.4) is 0 Å². The van der Waals surface area contributed by atoms with Crippen LogP contribution in [0.25, 0.3) is 22.4 Å². The summed E-state index contributed by atoms with van der Waals surface area (Å²) in [6, 6.07) is 11.0. The van der Waals surface area contributed by atoms with Crippen molar-refractivity contribution >= 4 is 0 Å². The number of alkyl halides is 1. The number of phenols is 1. The number of nitrogens with zero attached hydrogens (tertiary/aromatic N) is 3. The zero-order chi connectivity index (χ0) is 21.4. The maximum absolute atomic E-state index is 14.7. The predicted octanol–water partition coefficient (Wildman–Crippen LogP) is 4.22. The molecule has 2 aliphatic rings. The van der Waals surface area contributed by atoms with Crippen LogP contribution >= 0.6 is 0 Å². The minimum Gasteiger partial charge on any atom is -0.507 e.